The normalized spacial score (nSPS) is 13.3. The first kappa shape index (κ1) is 15.2. The number of hydrogen-bond donors (Lipinski definition) is 0. The Morgan fingerprint density at radius 2 is 1.53 bits per heavy atom. The van der Waals surface area contributed by atoms with E-state index in [4.69, 9.17) is 11.6 Å². The molecule has 0 spiro atoms. The van der Waals surface area contributed by atoms with Gasteiger partial charge >= 0.3 is 0 Å². The highest BCUT2D eigenvalue weighted by Gasteiger charge is 2.16. The van der Waals surface area contributed by atoms with Crippen molar-refractivity contribution in [3.63, 3.8) is 0 Å². The van der Waals surface area contributed by atoms with Gasteiger partial charge in [-0.15, -0.1) is 0 Å². The quantitative estimate of drug-likeness (QED) is 0.379. The van der Waals surface area contributed by atoms with Crippen LogP contribution < -0.4 is 0 Å². The summed E-state index contributed by atoms with van der Waals surface area (Å²) >= 11 is 6.24. The third-order valence-electron chi connectivity index (χ3n) is 2.60. The van der Waals surface area contributed by atoms with Gasteiger partial charge in [-0.05, 0) is 17.5 Å². The summed E-state index contributed by atoms with van der Waals surface area (Å²) in [6.07, 6.45) is 11.6. The first-order valence-electron chi connectivity index (χ1n) is 6.34. The molecule has 0 N–H and O–H groups in total. The fraction of sp³-hybridized carbons (Fsp3) is 0.846. The van der Waals surface area contributed by atoms with Gasteiger partial charge in [0.25, 0.3) is 0 Å². The number of allylic oxidation sites excluding steroid dienone is 1. The predicted octanol–water partition coefficient (Wildman–Crippen LogP) is 5.74. The van der Waals surface area contributed by atoms with Gasteiger partial charge in [-0.1, -0.05) is 76.3 Å². The van der Waals surface area contributed by atoms with E-state index in [1.165, 1.54) is 44.9 Å². The average Bonchev–Trinajstić information content (AvgIpc) is 2.14. The molecule has 0 aliphatic heterocycles. The van der Waals surface area contributed by atoms with E-state index in [9.17, 15) is 0 Å². The van der Waals surface area contributed by atoms with E-state index in [0.717, 1.165) is 4.66 Å². The van der Waals surface area contributed by atoms with Crippen molar-refractivity contribution in [1.82, 2.24) is 0 Å². The number of halogens is 1. The van der Waals surface area contributed by atoms with Crippen molar-refractivity contribution in [1.29, 1.82) is 0 Å². The Morgan fingerprint density at radius 1 is 1.00 bits per heavy atom. The lowest BCUT2D eigenvalue weighted by Crippen LogP contribution is -2.20. The van der Waals surface area contributed by atoms with Crippen LogP contribution in [0.1, 0.15) is 51.9 Å². The molecule has 0 aliphatic carbocycles. The molecule has 0 heterocycles. The van der Waals surface area contributed by atoms with Gasteiger partial charge in [0.05, 0.1) is 8.07 Å². The molecule has 0 nitrogen and oxygen atoms in total. The average molecular weight is 247 g/mol. The highest BCUT2D eigenvalue weighted by atomic mass is 35.5. The third kappa shape index (κ3) is 9.19. The van der Waals surface area contributed by atoms with Crippen LogP contribution >= 0.6 is 11.6 Å². The second-order valence-electron chi connectivity index (χ2n) is 5.36. The molecular weight excluding hydrogens is 220 g/mol. The van der Waals surface area contributed by atoms with E-state index >= 15 is 0 Å². The van der Waals surface area contributed by atoms with Crippen LogP contribution in [0.3, 0.4) is 0 Å². The van der Waals surface area contributed by atoms with Crippen LogP contribution in [-0.4, -0.2) is 8.07 Å². The molecule has 0 amide bonds. The maximum Gasteiger partial charge on any atom is 0.0918 e. The van der Waals surface area contributed by atoms with Crippen molar-refractivity contribution in [2.75, 3.05) is 0 Å². The summed E-state index contributed by atoms with van der Waals surface area (Å²) in [5, 5.41) is 0. The van der Waals surface area contributed by atoms with Crippen LogP contribution in [-0.2, 0) is 0 Å². The van der Waals surface area contributed by atoms with Crippen LogP contribution in [0.2, 0.25) is 19.6 Å². The summed E-state index contributed by atoms with van der Waals surface area (Å²) in [6.45, 7) is 9.16. The van der Waals surface area contributed by atoms with E-state index in [0.29, 0.717) is 0 Å². The van der Waals surface area contributed by atoms with E-state index in [2.05, 4.69) is 32.6 Å². The molecule has 90 valence electrons. The molecule has 15 heavy (non-hydrogen) atoms. The van der Waals surface area contributed by atoms with Gasteiger partial charge in [-0.25, -0.2) is 0 Å². The Hall–Kier alpha value is 0.247. The molecule has 0 aromatic heterocycles. The summed E-state index contributed by atoms with van der Waals surface area (Å²) in [7, 11) is -1.22. The zero-order chi connectivity index (χ0) is 11.7. The van der Waals surface area contributed by atoms with Crippen molar-refractivity contribution in [3.8, 4) is 0 Å². The van der Waals surface area contributed by atoms with Crippen LogP contribution in [0.25, 0.3) is 0 Å². The SMILES string of the molecule is CCCCCCCC/C=C(\Cl)[Si](C)(C)C. The molecule has 2 heteroatoms. The summed E-state index contributed by atoms with van der Waals surface area (Å²) < 4.78 is 1.15. The van der Waals surface area contributed by atoms with Gasteiger partial charge in [0, 0.05) is 0 Å². The maximum atomic E-state index is 6.24. The summed E-state index contributed by atoms with van der Waals surface area (Å²) in [5.74, 6) is 0. The van der Waals surface area contributed by atoms with E-state index in [1.54, 1.807) is 0 Å². The lowest BCUT2D eigenvalue weighted by Gasteiger charge is -2.14. The van der Waals surface area contributed by atoms with Gasteiger partial charge in [0.15, 0.2) is 0 Å². The third-order valence-corrected chi connectivity index (χ3v) is 6.09. The minimum atomic E-state index is -1.22. The molecular formula is C13H27ClSi. The number of hydrogen-bond acceptors (Lipinski definition) is 0. The number of unbranched alkanes of at least 4 members (excludes halogenated alkanes) is 6. The van der Waals surface area contributed by atoms with Gasteiger partial charge in [-0.2, -0.15) is 0 Å². The first-order valence-corrected chi connectivity index (χ1v) is 10.2. The molecule has 0 bridgehead atoms. The molecule has 0 radical (unpaired) electrons. The lowest BCUT2D eigenvalue weighted by atomic mass is 10.1. The molecule has 0 unspecified atom stereocenters. The van der Waals surface area contributed by atoms with E-state index in [1.807, 2.05) is 0 Å². The molecule has 0 aromatic carbocycles. The molecule has 0 aromatic rings. The minimum Gasteiger partial charge on any atom is -0.0946 e. The fourth-order valence-corrected chi connectivity index (χ4v) is 2.33. The van der Waals surface area contributed by atoms with Crippen molar-refractivity contribution in [3.05, 3.63) is 10.7 Å². The van der Waals surface area contributed by atoms with Crippen molar-refractivity contribution in [2.45, 2.75) is 71.5 Å². The Bertz CT molecular complexity index is 179. The zero-order valence-corrected chi connectivity index (χ0v) is 12.7. The Labute approximate surface area is 102 Å². The van der Waals surface area contributed by atoms with Gasteiger partial charge in [0.2, 0.25) is 0 Å². The van der Waals surface area contributed by atoms with Crippen molar-refractivity contribution < 1.29 is 0 Å². The first-order chi connectivity index (χ1) is 6.98. The second-order valence-corrected chi connectivity index (χ2v) is 11.1. The fourth-order valence-electron chi connectivity index (χ4n) is 1.46. The standard InChI is InChI=1S/C13H27ClSi/c1-5-6-7-8-9-10-11-12-13(14)15(2,3)4/h12H,5-11H2,1-4H3/b13-12+. The topological polar surface area (TPSA) is 0 Å². The van der Waals surface area contributed by atoms with Crippen molar-refractivity contribution in [2.24, 2.45) is 0 Å². The smallest absolute Gasteiger partial charge is 0.0918 e. The molecule has 0 rings (SSSR count). The zero-order valence-electron chi connectivity index (χ0n) is 10.9. The summed E-state index contributed by atoms with van der Waals surface area (Å²) in [5.41, 5.74) is 0. The van der Waals surface area contributed by atoms with Crippen LogP contribution in [0.5, 0.6) is 0 Å². The summed E-state index contributed by atoms with van der Waals surface area (Å²) in [6, 6.07) is 0. The van der Waals surface area contributed by atoms with Crippen molar-refractivity contribution >= 4 is 19.7 Å². The van der Waals surface area contributed by atoms with Gasteiger partial charge < -0.3 is 0 Å². The molecule has 0 fully saturated rings. The van der Waals surface area contributed by atoms with Crippen LogP contribution in [0.15, 0.2) is 10.7 Å². The van der Waals surface area contributed by atoms with Crippen LogP contribution in [0, 0.1) is 0 Å². The van der Waals surface area contributed by atoms with E-state index in [-0.39, 0.29) is 0 Å². The molecule has 0 aliphatic rings. The molecule has 0 saturated heterocycles. The summed E-state index contributed by atoms with van der Waals surface area (Å²) in [4.78, 5) is 0. The Balaban J connectivity index is 3.45. The van der Waals surface area contributed by atoms with Crippen LogP contribution in [0.4, 0.5) is 0 Å². The Kier molecular flexibility index (Phi) is 8.54. The highest BCUT2D eigenvalue weighted by Crippen LogP contribution is 2.19. The molecule has 0 saturated carbocycles. The lowest BCUT2D eigenvalue weighted by molar-refractivity contribution is 0.611. The van der Waals surface area contributed by atoms with Gasteiger partial charge in [0.1, 0.15) is 0 Å². The Morgan fingerprint density at radius 3 is 2.07 bits per heavy atom. The maximum absolute atomic E-state index is 6.24. The van der Waals surface area contributed by atoms with E-state index < -0.39 is 8.07 Å². The monoisotopic (exact) mass is 246 g/mol. The molecule has 0 atom stereocenters. The largest absolute Gasteiger partial charge is 0.0946 e. The highest BCUT2D eigenvalue weighted by molar-refractivity contribution is 6.91. The predicted molar refractivity (Wildman–Crippen MR) is 75.3 cm³/mol. The number of rotatable bonds is 8. The minimum absolute atomic E-state index is 1.15. The second kappa shape index (κ2) is 8.40. The van der Waals surface area contributed by atoms with Gasteiger partial charge in [-0.3, -0.25) is 0 Å².